The van der Waals surface area contributed by atoms with Crippen LogP contribution in [-0.2, 0) is 0 Å². The van der Waals surface area contributed by atoms with Gasteiger partial charge in [-0.1, -0.05) is 12.1 Å². The summed E-state index contributed by atoms with van der Waals surface area (Å²) in [6.45, 7) is 0. The van der Waals surface area contributed by atoms with E-state index in [2.05, 4.69) is 10.3 Å². The Kier molecular flexibility index (Phi) is 3.98. The number of aromatic nitrogens is 1. The number of nitrogens with one attached hydrogen (secondary N) is 1. The molecule has 0 bridgehead atoms. The van der Waals surface area contributed by atoms with Crippen molar-refractivity contribution in [1.29, 1.82) is 0 Å². The molecule has 0 aliphatic rings. The first kappa shape index (κ1) is 13.8. The quantitative estimate of drug-likeness (QED) is 0.787. The van der Waals surface area contributed by atoms with Gasteiger partial charge in [0.2, 0.25) is 0 Å². The number of amides is 1. The van der Waals surface area contributed by atoms with Gasteiger partial charge in [0.05, 0.1) is 12.8 Å². The molecule has 2 heterocycles. The van der Waals surface area contributed by atoms with Crippen LogP contribution in [0, 0.1) is 0 Å². The van der Waals surface area contributed by atoms with Crippen LogP contribution in [0.15, 0.2) is 46.5 Å². The molecule has 0 saturated heterocycles. The van der Waals surface area contributed by atoms with E-state index in [-0.39, 0.29) is 5.91 Å². The van der Waals surface area contributed by atoms with Gasteiger partial charge in [0.1, 0.15) is 16.5 Å². The SMILES string of the molecule is COc1ccccc1NC(=O)c1csc(-c2ccsc2)n1. The third-order valence-electron chi connectivity index (χ3n) is 2.86. The van der Waals surface area contributed by atoms with E-state index in [4.69, 9.17) is 4.74 Å². The van der Waals surface area contributed by atoms with Crippen molar-refractivity contribution < 1.29 is 9.53 Å². The highest BCUT2D eigenvalue weighted by Gasteiger charge is 2.14. The molecule has 0 unspecified atom stereocenters. The molecule has 0 spiro atoms. The molecule has 0 aliphatic carbocycles. The van der Waals surface area contributed by atoms with Crippen LogP contribution in [0.4, 0.5) is 5.69 Å². The Labute approximate surface area is 130 Å². The molecule has 3 rings (SSSR count). The summed E-state index contributed by atoms with van der Waals surface area (Å²) in [5.74, 6) is 0.386. The number of ether oxygens (including phenoxy) is 1. The van der Waals surface area contributed by atoms with Gasteiger partial charge < -0.3 is 10.1 Å². The predicted molar refractivity (Wildman–Crippen MR) is 86.4 cm³/mol. The van der Waals surface area contributed by atoms with Crippen LogP contribution in [-0.4, -0.2) is 18.0 Å². The number of methoxy groups -OCH3 is 1. The molecule has 0 aliphatic heterocycles. The summed E-state index contributed by atoms with van der Waals surface area (Å²) in [6, 6.07) is 9.28. The Morgan fingerprint density at radius 2 is 2.10 bits per heavy atom. The van der Waals surface area contributed by atoms with E-state index in [0.29, 0.717) is 17.1 Å². The molecule has 0 fully saturated rings. The number of carbonyl (C=O) groups is 1. The lowest BCUT2D eigenvalue weighted by molar-refractivity contribution is 0.102. The largest absolute Gasteiger partial charge is 0.495 e. The molecule has 21 heavy (non-hydrogen) atoms. The van der Waals surface area contributed by atoms with Gasteiger partial charge in [-0.25, -0.2) is 4.98 Å². The molecule has 1 aromatic carbocycles. The van der Waals surface area contributed by atoms with E-state index in [1.165, 1.54) is 11.3 Å². The number of anilines is 1. The summed E-state index contributed by atoms with van der Waals surface area (Å²) in [4.78, 5) is 16.6. The van der Waals surface area contributed by atoms with Crippen molar-refractivity contribution in [3.05, 3.63) is 52.2 Å². The molecule has 0 saturated carbocycles. The number of hydrogen-bond donors (Lipinski definition) is 1. The fourth-order valence-electron chi connectivity index (χ4n) is 1.83. The maximum absolute atomic E-state index is 12.2. The maximum atomic E-state index is 12.2. The molecule has 4 nitrogen and oxygen atoms in total. The average molecular weight is 316 g/mol. The van der Waals surface area contributed by atoms with Crippen LogP contribution in [0.5, 0.6) is 5.75 Å². The smallest absolute Gasteiger partial charge is 0.275 e. The third-order valence-corrected chi connectivity index (χ3v) is 4.43. The molecular formula is C15H12N2O2S2. The number of thiophene rings is 1. The molecule has 2 aromatic heterocycles. The molecule has 1 amide bonds. The van der Waals surface area contributed by atoms with E-state index in [9.17, 15) is 4.79 Å². The van der Waals surface area contributed by atoms with E-state index < -0.39 is 0 Å². The molecule has 1 N–H and O–H groups in total. The van der Waals surface area contributed by atoms with E-state index >= 15 is 0 Å². The minimum Gasteiger partial charge on any atom is -0.495 e. The Bertz CT molecular complexity index is 751. The summed E-state index contributed by atoms with van der Waals surface area (Å²) in [5.41, 5.74) is 2.09. The fourth-order valence-corrected chi connectivity index (χ4v) is 3.34. The van der Waals surface area contributed by atoms with Gasteiger partial charge in [-0.15, -0.1) is 11.3 Å². The average Bonchev–Trinajstić information content (AvgIpc) is 3.18. The van der Waals surface area contributed by atoms with Crippen molar-refractivity contribution in [2.24, 2.45) is 0 Å². The second-order valence-corrected chi connectivity index (χ2v) is 5.84. The van der Waals surface area contributed by atoms with E-state index in [1.807, 2.05) is 29.0 Å². The molecule has 3 aromatic rings. The Hall–Kier alpha value is -2.18. The first-order chi connectivity index (χ1) is 10.3. The minimum absolute atomic E-state index is 0.239. The van der Waals surface area contributed by atoms with Crippen LogP contribution in [0.2, 0.25) is 0 Å². The minimum atomic E-state index is -0.239. The van der Waals surface area contributed by atoms with Gasteiger partial charge in [-0.3, -0.25) is 4.79 Å². The normalized spacial score (nSPS) is 10.3. The summed E-state index contributed by atoms with van der Waals surface area (Å²) < 4.78 is 5.22. The van der Waals surface area contributed by atoms with Crippen LogP contribution in [0.25, 0.3) is 10.6 Å². The molecule has 0 radical (unpaired) electrons. The van der Waals surface area contributed by atoms with Crippen LogP contribution >= 0.6 is 22.7 Å². The van der Waals surface area contributed by atoms with Crippen LogP contribution in [0.3, 0.4) is 0 Å². The van der Waals surface area contributed by atoms with Crippen molar-refractivity contribution in [1.82, 2.24) is 4.98 Å². The number of nitrogens with zero attached hydrogens (tertiary/aromatic N) is 1. The van der Waals surface area contributed by atoms with Crippen molar-refractivity contribution in [3.8, 4) is 16.3 Å². The van der Waals surface area contributed by atoms with Crippen LogP contribution < -0.4 is 10.1 Å². The van der Waals surface area contributed by atoms with Gasteiger partial charge in [0.15, 0.2) is 0 Å². The lowest BCUT2D eigenvalue weighted by atomic mass is 10.3. The fraction of sp³-hybridized carbons (Fsp3) is 0.0667. The highest BCUT2D eigenvalue weighted by atomic mass is 32.1. The molecule has 106 valence electrons. The van der Waals surface area contributed by atoms with Gasteiger partial charge in [-0.05, 0) is 23.6 Å². The number of rotatable bonds is 4. The monoisotopic (exact) mass is 316 g/mol. The number of para-hydroxylation sites is 2. The number of carbonyl (C=O) groups excluding carboxylic acids is 1. The molecular weight excluding hydrogens is 304 g/mol. The zero-order valence-electron chi connectivity index (χ0n) is 11.2. The van der Waals surface area contributed by atoms with Gasteiger partial charge in [-0.2, -0.15) is 11.3 Å². The summed E-state index contributed by atoms with van der Waals surface area (Å²) in [7, 11) is 1.57. The Morgan fingerprint density at radius 3 is 2.86 bits per heavy atom. The van der Waals surface area contributed by atoms with Gasteiger partial charge in [0, 0.05) is 16.3 Å². The van der Waals surface area contributed by atoms with Gasteiger partial charge in [0.25, 0.3) is 5.91 Å². The number of thiazole rings is 1. The summed E-state index contributed by atoms with van der Waals surface area (Å²) >= 11 is 3.07. The lowest BCUT2D eigenvalue weighted by Gasteiger charge is -2.08. The number of hydrogen-bond acceptors (Lipinski definition) is 5. The lowest BCUT2D eigenvalue weighted by Crippen LogP contribution is -2.12. The van der Waals surface area contributed by atoms with E-state index in [0.717, 1.165) is 10.6 Å². The third kappa shape index (κ3) is 2.96. The maximum Gasteiger partial charge on any atom is 0.275 e. The van der Waals surface area contributed by atoms with Crippen molar-refractivity contribution in [3.63, 3.8) is 0 Å². The summed E-state index contributed by atoms with van der Waals surface area (Å²) in [5, 5.41) is 9.44. The van der Waals surface area contributed by atoms with Crippen LogP contribution in [0.1, 0.15) is 10.5 Å². The highest BCUT2D eigenvalue weighted by molar-refractivity contribution is 7.14. The molecule has 6 heteroatoms. The predicted octanol–water partition coefficient (Wildman–Crippen LogP) is 4.13. The number of benzene rings is 1. The van der Waals surface area contributed by atoms with Crippen molar-refractivity contribution in [2.75, 3.05) is 12.4 Å². The second-order valence-electron chi connectivity index (χ2n) is 4.20. The topological polar surface area (TPSA) is 51.2 Å². The Morgan fingerprint density at radius 1 is 1.24 bits per heavy atom. The molecule has 0 atom stereocenters. The van der Waals surface area contributed by atoms with Gasteiger partial charge >= 0.3 is 0 Å². The first-order valence-electron chi connectivity index (χ1n) is 6.20. The van der Waals surface area contributed by atoms with E-state index in [1.54, 1.807) is 36.0 Å². The summed E-state index contributed by atoms with van der Waals surface area (Å²) in [6.07, 6.45) is 0. The first-order valence-corrected chi connectivity index (χ1v) is 8.02. The van der Waals surface area contributed by atoms with Crippen molar-refractivity contribution >= 4 is 34.3 Å². The van der Waals surface area contributed by atoms with Crippen molar-refractivity contribution in [2.45, 2.75) is 0 Å². The zero-order chi connectivity index (χ0) is 14.7. The Balaban J connectivity index is 1.80. The second kappa shape index (κ2) is 6.07. The zero-order valence-corrected chi connectivity index (χ0v) is 12.8. The standard InChI is InChI=1S/C15H12N2O2S2/c1-19-13-5-3-2-4-11(13)16-14(18)12-9-21-15(17-12)10-6-7-20-8-10/h2-9H,1H3,(H,16,18). The highest BCUT2D eigenvalue weighted by Crippen LogP contribution is 2.27.